The van der Waals surface area contributed by atoms with Crippen molar-refractivity contribution in [2.24, 2.45) is 0 Å². The van der Waals surface area contributed by atoms with Crippen molar-refractivity contribution in [1.82, 2.24) is 5.32 Å². The Hall–Kier alpha value is -0.350. The van der Waals surface area contributed by atoms with Crippen LogP contribution in [0.5, 0.6) is 0 Å². The summed E-state index contributed by atoms with van der Waals surface area (Å²) in [6.45, 7) is 2.13. The third kappa shape index (κ3) is 3.32. The van der Waals surface area contributed by atoms with Gasteiger partial charge in [0.2, 0.25) is 0 Å². The molecule has 4 heteroatoms. The van der Waals surface area contributed by atoms with E-state index in [2.05, 4.69) is 44.1 Å². The SMILES string of the molecule is CC1(NC(=O)c2cc(Br)cc(Br)c2)CCCC1. The van der Waals surface area contributed by atoms with E-state index in [1.54, 1.807) is 0 Å². The highest BCUT2D eigenvalue weighted by Gasteiger charge is 2.30. The smallest absolute Gasteiger partial charge is 0.251 e. The maximum absolute atomic E-state index is 12.2. The monoisotopic (exact) mass is 359 g/mol. The van der Waals surface area contributed by atoms with Gasteiger partial charge in [0.1, 0.15) is 0 Å². The Morgan fingerprint density at radius 2 is 1.71 bits per heavy atom. The fourth-order valence-corrected chi connectivity index (χ4v) is 3.61. The number of nitrogens with one attached hydrogen (secondary N) is 1. The Morgan fingerprint density at radius 1 is 1.18 bits per heavy atom. The molecule has 92 valence electrons. The second kappa shape index (κ2) is 5.11. The van der Waals surface area contributed by atoms with Gasteiger partial charge in [0, 0.05) is 20.0 Å². The Morgan fingerprint density at radius 3 is 2.24 bits per heavy atom. The van der Waals surface area contributed by atoms with Gasteiger partial charge in [-0.3, -0.25) is 4.79 Å². The lowest BCUT2D eigenvalue weighted by Crippen LogP contribution is -2.43. The lowest BCUT2D eigenvalue weighted by Gasteiger charge is -2.25. The Labute approximate surface area is 118 Å². The average molecular weight is 361 g/mol. The molecule has 1 amide bonds. The van der Waals surface area contributed by atoms with Crippen LogP contribution < -0.4 is 5.32 Å². The number of carbonyl (C=O) groups excluding carboxylic acids is 1. The molecule has 2 rings (SSSR count). The van der Waals surface area contributed by atoms with Crippen LogP contribution >= 0.6 is 31.9 Å². The van der Waals surface area contributed by atoms with E-state index in [1.807, 2.05) is 18.2 Å². The molecule has 1 aromatic carbocycles. The quantitative estimate of drug-likeness (QED) is 0.838. The van der Waals surface area contributed by atoms with Crippen molar-refractivity contribution in [1.29, 1.82) is 0 Å². The number of halogens is 2. The fraction of sp³-hybridized carbons (Fsp3) is 0.462. The molecular formula is C13H15Br2NO. The highest BCUT2D eigenvalue weighted by atomic mass is 79.9. The minimum Gasteiger partial charge on any atom is -0.347 e. The van der Waals surface area contributed by atoms with Gasteiger partial charge in [-0.2, -0.15) is 0 Å². The lowest BCUT2D eigenvalue weighted by atomic mass is 10.00. The second-order valence-corrected chi connectivity index (χ2v) is 6.71. The zero-order chi connectivity index (χ0) is 12.5. The zero-order valence-electron chi connectivity index (χ0n) is 9.72. The Kier molecular flexibility index (Phi) is 3.93. The summed E-state index contributed by atoms with van der Waals surface area (Å²) >= 11 is 6.79. The van der Waals surface area contributed by atoms with Gasteiger partial charge in [-0.05, 0) is 38.0 Å². The first-order chi connectivity index (χ1) is 7.98. The number of carbonyl (C=O) groups is 1. The zero-order valence-corrected chi connectivity index (χ0v) is 12.9. The number of benzene rings is 1. The van der Waals surface area contributed by atoms with E-state index in [-0.39, 0.29) is 11.4 Å². The van der Waals surface area contributed by atoms with Crippen LogP contribution in [0.25, 0.3) is 0 Å². The minimum absolute atomic E-state index is 0.0106. The fourth-order valence-electron chi connectivity index (χ4n) is 2.31. The van der Waals surface area contributed by atoms with Crippen LogP contribution in [0.2, 0.25) is 0 Å². The van der Waals surface area contributed by atoms with E-state index in [4.69, 9.17) is 0 Å². The summed E-state index contributed by atoms with van der Waals surface area (Å²) in [6.07, 6.45) is 4.57. The first kappa shape index (κ1) is 13.1. The molecule has 0 radical (unpaired) electrons. The molecule has 0 unspecified atom stereocenters. The van der Waals surface area contributed by atoms with Crippen LogP contribution in [0.1, 0.15) is 43.0 Å². The molecule has 1 saturated carbocycles. The van der Waals surface area contributed by atoms with E-state index >= 15 is 0 Å². The molecule has 1 aliphatic carbocycles. The first-order valence-corrected chi connectivity index (χ1v) is 7.36. The van der Waals surface area contributed by atoms with E-state index in [0.717, 1.165) is 21.8 Å². The van der Waals surface area contributed by atoms with Crippen LogP contribution in [0.3, 0.4) is 0 Å². The minimum atomic E-state index is -0.0219. The number of hydrogen-bond acceptors (Lipinski definition) is 1. The van der Waals surface area contributed by atoms with Crippen molar-refractivity contribution in [2.45, 2.75) is 38.1 Å². The van der Waals surface area contributed by atoms with Gasteiger partial charge in [0.05, 0.1) is 0 Å². The normalized spacial score (nSPS) is 18.1. The summed E-state index contributed by atoms with van der Waals surface area (Å²) < 4.78 is 1.82. The molecule has 1 N–H and O–H groups in total. The molecule has 0 saturated heterocycles. The Balaban J connectivity index is 2.14. The summed E-state index contributed by atoms with van der Waals surface area (Å²) in [5, 5.41) is 3.15. The van der Waals surface area contributed by atoms with Crippen molar-refractivity contribution in [3.63, 3.8) is 0 Å². The van der Waals surface area contributed by atoms with Crippen LogP contribution in [-0.4, -0.2) is 11.4 Å². The van der Waals surface area contributed by atoms with E-state index in [1.165, 1.54) is 12.8 Å². The molecule has 17 heavy (non-hydrogen) atoms. The third-order valence-electron chi connectivity index (χ3n) is 3.25. The number of amides is 1. The van der Waals surface area contributed by atoms with Crippen LogP contribution in [0, 0.1) is 0 Å². The number of hydrogen-bond donors (Lipinski definition) is 1. The molecule has 0 bridgehead atoms. The van der Waals surface area contributed by atoms with E-state index in [9.17, 15) is 4.79 Å². The molecule has 0 aromatic heterocycles. The standard InChI is InChI=1S/C13H15Br2NO/c1-13(4-2-3-5-13)16-12(17)9-6-10(14)8-11(15)7-9/h6-8H,2-5H2,1H3,(H,16,17). The summed E-state index contributed by atoms with van der Waals surface area (Å²) in [6, 6.07) is 5.62. The molecule has 2 nitrogen and oxygen atoms in total. The topological polar surface area (TPSA) is 29.1 Å². The summed E-state index contributed by atoms with van der Waals surface area (Å²) in [5.41, 5.74) is 0.672. The lowest BCUT2D eigenvalue weighted by molar-refractivity contribution is 0.0908. The summed E-state index contributed by atoms with van der Waals surface area (Å²) in [4.78, 5) is 12.2. The highest BCUT2D eigenvalue weighted by Crippen LogP contribution is 2.29. The summed E-state index contributed by atoms with van der Waals surface area (Å²) in [7, 11) is 0. The van der Waals surface area contributed by atoms with Gasteiger partial charge in [0.15, 0.2) is 0 Å². The van der Waals surface area contributed by atoms with Gasteiger partial charge in [-0.25, -0.2) is 0 Å². The molecule has 1 aromatic rings. The molecule has 0 atom stereocenters. The molecule has 0 aliphatic heterocycles. The van der Waals surface area contributed by atoms with E-state index in [0.29, 0.717) is 5.56 Å². The van der Waals surface area contributed by atoms with Crippen molar-refractivity contribution >= 4 is 37.8 Å². The molecule has 0 heterocycles. The highest BCUT2D eigenvalue weighted by molar-refractivity contribution is 9.11. The largest absolute Gasteiger partial charge is 0.347 e. The predicted molar refractivity (Wildman–Crippen MR) is 76.2 cm³/mol. The molecule has 1 aliphatic rings. The molecule has 1 fully saturated rings. The van der Waals surface area contributed by atoms with Gasteiger partial charge in [-0.15, -0.1) is 0 Å². The average Bonchev–Trinajstić information content (AvgIpc) is 2.63. The molecular weight excluding hydrogens is 346 g/mol. The third-order valence-corrected chi connectivity index (χ3v) is 4.16. The van der Waals surface area contributed by atoms with Crippen molar-refractivity contribution in [2.75, 3.05) is 0 Å². The van der Waals surface area contributed by atoms with E-state index < -0.39 is 0 Å². The van der Waals surface area contributed by atoms with Gasteiger partial charge in [-0.1, -0.05) is 44.7 Å². The molecule has 0 spiro atoms. The van der Waals surface area contributed by atoms with Crippen LogP contribution in [0.15, 0.2) is 27.1 Å². The Bertz CT molecular complexity index is 419. The summed E-state index contributed by atoms with van der Waals surface area (Å²) in [5.74, 6) is 0.0106. The maximum Gasteiger partial charge on any atom is 0.251 e. The van der Waals surface area contributed by atoms with Gasteiger partial charge < -0.3 is 5.32 Å². The van der Waals surface area contributed by atoms with Crippen LogP contribution in [0.4, 0.5) is 0 Å². The van der Waals surface area contributed by atoms with Crippen molar-refractivity contribution in [3.8, 4) is 0 Å². The van der Waals surface area contributed by atoms with Gasteiger partial charge in [0.25, 0.3) is 5.91 Å². The second-order valence-electron chi connectivity index (χ2n) is 4.88. The first-order valence-electron chi connectivity index (χ1n) is 5.77. The van der Waals surface area contributed by atoms with Crippen LogP contribution in [-0.2, 0) is 0 Å². The number of rotatable bonds is 2. The predicted octanol–water partition coefficient (Wildman–Crippen LogP) is 4.27. The van der Waals surface area contributed by atoms with Gasteiger partial charge >= 0.3 is 0 Å². The maximum atomic E-state index is 12.2. The van der Waals surface area contributed by atoms with Crippen molar-refractivity contribution in [3.05, 3.63) is 32.7 Å². The van der Waals surface area contributed by atoms with Crippen molar-refractivity contribution < 1.29 is 4.79 Å².